The molecular weight excluding hydrogens is 409 g/mol. The summed E-state index contributed by atoms with van der Waals surface area (Å²) in [7, 11) is -3.81. The van der Waals surface area contributed by atoms with Gasteiger partial charge in [-0.15, -0.1) is 0 Å². The van der Waals surface area contributed by atoms with E-state index in [1.165, 1.54) is 36.4 Å². The Morgan fingerprint density at radius 2 is 1.83 bits per heavy atom. The van der Waals surface area contributed by atoms with Crippen LogP contribution in [0.15, 0.2) is 47.4 Å². The second kappa shape index (κ2) is 8.83. The summed E-state index contributed by atoms with van der Waals surface area (Å²) in [5.41, 5.74) is 0.713. The van der Waals surface area contributed by atoms with Gasteiger partial charge in [-0.1, -0.05) is 12.1 Å². The van der Waals surface area contributed by atoms with Gasteiger partial charge in [0.2, 0.25) is 10.0 Å². The van der Waals surface area contributed by atoms with E-state index in [-0.39, 0.29) is 27.9 Å². The maximum atomic E-state index is 12.5. The molecule has 0 spiro atoms. The Kier molecular flexibility index (Phi) is 6.91. The zero-order chi connectivity index (χ0) is 21.8. The SMILES string of the molecule is Cc1ccc(NC(=O)c2cccc(S(=O)(=O)NC(C)C)c2)c(OCC(F)(F)F)c1. The number of anilines is 1. The van der Waals surface area contributed by atoms with Crippen LogP contribution in [-0.2, 0) is 10.0 Å². The maximum absolute atomic E-state index is 12.5. The van der Waals surface area contributed by atoms with E-state index >= 15 is 0 Å². The van der Waals surface area contributed by atoms with Gasteiger partial charge in [0.25, 0.3) is 5.91 Å². The average molecular weight is 430 g/mol. The molecule has 0 aliphatic rings. The molecule has 29 heavy (non-hydrogen) atoms. The molecule has 0 unspecified atom stereocenters. The number of aryl methyl sites for hydroxylation is 1. The van der Waals surface area contributed by atoms with Gasteiger partial charge in [0.05, 0.1) is 10.6 Å². The molecule has 0 aromatic heterocycles. The van der Waals surface area contributed by atoms with E-state index in [4.69, 9.17) is 4.74 Å². The number of amides is 1. The Hall–Kier alpha value is -2.59. The number of halogens is 3. The third-order valence-electron chi connectivity index (χ3n) is 3.57. The molecule has 0 aliphatic heterocycles. The molecule has 2 rings (SSSR count). The molecule has 1 amide bonds. The van der Waals surface area contributed by atoms with Gasteiger partial charge in [0.1, 0.15) is 5.75 Å². The molecule has 0 saturated carbocycles. The average Bonchev–Trinajstić information content (AvgIpc) is 2.60. The fourth-order valence-electron chi connectivity index (χ4n) is 2.39. The normalized spacial score (nSPS) is 12.1. The van der Waals surface area contributed by atoms with Gasteiger partial charge in [-0.3, -0.25) is 4.79 Å². The van der Waals surface area contributed by atoms with Crippen molar-refractivity contribution >= 4 is 21.6 Å². The molecule has 0 radical (unpaired) electrons. The van der Waals surface area contributed by atoms with Crippen molar-refractivity contribution in [3.63, 3.8) is 0 Å². The molecule has 158 valence electrons. The molecular formula is C19H21F3N2O4S. The summed E-state index contributed by atoms with van der Waals surface area (Å²) in [6.45, 7) is 3.48. The van der Waals surface area contributed by atoms with Crippen LogP contribution in [0.5, 0.6) is 5.75 Å². The van der Waals surface area contributed by atoms with Crippen LogP contribution < -0.4 is 14.8 Å². The summed E-state index contributed by atoms with van der Waals surface area (Å²) < 4.78 is 69.2. The molecule has 0 heterocycles. The van der Waals surface area contributed by atoms with Crippen LogP contribution in [0.3, 0.4) is 0 Å². The van der Waals surface area contributed by atoms with Crippen LogP contribution in [0, 0.1) is 6.92 Å². The number of hydrogen-bond acceptors (Lipinski definition) is 4. The quantitative estimate of drug-likeness (QED) is 0.698. The molecule has 2 N–H and O–H groups in total. The van der Waals surface area contributed by atoms with Gasteiger partial charge in [-0.25, -0.2) is 13.1 Å². The number of carbonyl (C=O) groups excluding carboxylic acids is 1. The van der Waals surface area contributed by atoms with E-state index in [2.05, 4.69) is 10.0 Å². The van der Waals surface area contributed by atoms with Crippen LogP contribution in [0.4, 0.5) is 18.9 Å². The number of hydrogen-bond donors (Lipinski definition) is 2. The van der Waals surface area contributed by atoms with Gasteiger partial charge in [0.15, 0.2) is 6.61 Å². The lowest BCUT2D eigenvalue weighted by Gasteiger charge is -2.15. The Morgan fingerprint density at radius 1 is 1.14 bits per heavy atom. The summed E-state index contributed by atoms with van der Waals surface area (Å²) in [5.74, 6) is -0.826. The van der Waals surface area contributed by atoms with E-state index in [1.807, 2.05) is 0 Å². The highest BCUT2D eigenvalue weighted by Gasteiger charge is 2.29. The fraction of sp³-hybridized carbons (Fsp3) is 0.316. The second-order valence-corrected chi connectivity index (χ2v) is 8.38. The van der Waals surface area contributed by atoms with Gasteiger partial charge in [0, 0.05) is 11.6 Å². The summed E-state index contributed by atoms with van der Waals surface area (Å²) in [6.07, 6.45) is -4.53. The first kappa shape index (κ1) is 22.7. The standard InChI is InChI=1S/C19H21F3N2O4S/c1-12(2)24-29(26,27)15-6-4-5-14(10-15)18(25)23-16-8-7-13(3)9-17(16)28-11-19(20,21)22/h4-10,12,24H,11H2,1-3H3,(H,23,25). The summed E-state index contributed by atoms with van der Waals surface area (Å²) >= 11 is 0. The van der Waals surface area contributed by atoms with Crippen molar-refractivity contribution in [1.82, 2.24) is 4.72 Å². The first-order chi connectivity index (χ1) is 13.4. The number of rotatable bonds is 7. The zero-order valence-corrected chi connectivity index (χ0v) is 16.8. The molecule has 2 aromatic carbocycles. The van der Waals surface area contributed by atoms with Crippen molar-refractivity contribution in [2.24, 2.45) is 0 Å². The smallest absolute Gasteiger partial charge is 0.422 e. The molecule has 10 heteroatoms. The lowest BCUT2D eigenvalue weighted by atomic mass is 10.2. The first-order valence-electron chi connectivity index (χ1n) is 8.61. The minimum absolute atomic E-state index is 0.0268. The fourth-order valence-corrected chi connectivity index (χ4v) is 3.69. The predicted octanol–water partition coefficient (Wildman–Crippen LogP) is 3.88. The third kappa shape index (κ3) is 6.75. The van der Waals surface area contributed by atoms with Crippen LogP contribution in [-0.4, -0.2) is 33.1 Å². The summed E-state index contributed by atoms with van der Waals surface area (Å²) in [6, 6.07) is 9.38. The van der Waals surface area contributed by atoms with E-state index in [1.54, 1.807) is 26.8 Å². The van der Waals surface area contributed by atoms with E-state index in [0.717, 1.165) is 0 Å². The number of alkyl halides is 3. The highest BCUT2D eigenvalue weighted by atomic mass is 32.2. The zero-order valence-electron chi connectivity index (χ0n) is 16.0. The predicted molar refractivity (Wildman–Crippen MR) is 103 cm³/mol. The van der Waals surface area contributed by atoms with Gasteiger partial charge < -0.3 is 10.1 Å². The van der Waals surface area contributed by atoms with E-state index in [0.29, 0.717) is 5.56 Å². The first-order valence-corrected chi connectivity index (χ1v) is 10.1. The molecule has 0 aliphatic carbocycles. The van der Waals surface area contributed by atoms with Crippen molar-refractivity contribution in [1.29, 1.82) is 0 Å². The number of carbonyl (C=O) groups is 1. The topological polar surface area (TPSA) is 84.5 Å². The molecule has 0 fully saturated rings. The molecule has 0 saturated heterocycles. The number of benzene rings is 2. The number of nitrogens with one attached hydrogen (secondary N) is 2. The minimum atomic E-state index is -4.53. The van der Waals surface area contributed by atoms with Crippen LogP contribution in [0.25, 0.3) is 0 Å². The monoisotopic (exact) mass is 430 g/mol. The maximum Gasteiger partial charge on any atom is 0.422 e. The third-order valence-corrected chi connectivity index (χ3v) is 5.23. The van der Waals surface area contributed by atoms with E-state index in [9.17, 15) is 26.4 Å². The van der Waals surface area contributed by atoms with Crippen LogP contribution >= 0.6 is 0 Å². The molecule has 2 aromatic rings. The lowest BCUT2D eigenvalue weighted by molar-refractivity contribution is -0.153. The number of ether oxygens (including phenoxy) is 1. The Balaban J connectivity index is 2.26. The molecule has 0 bridgehead atoms. The Labute approximate surface area is 167 Å². The second-order valence-electron chi connectivity index (χ2n) is 6.66. The van der Waals surface area contributed by atoms with Crippen molar-refractivity contribution in [3.8, 4) is 5.75 Å². The van der Waals surface area contributed by atoms with Crippen molar-refractivity contribution < 1.29 is 31.1 Å². The van der Waals surface area contributed by atoms with Crippen LogP contribution in [0.1, 0.15) is 29.8 Å². The Morgan fingerprint density at radius 3 is 2.45 bits per heavy atom. The van der Waals surface area contributed by atoms with Gasteiger partial charge in [-0.2, -0.15) is 13.2 Å². The lowest BCUT2D eigenvalue weighted by Crippen LogP contribution is -2.30. The minimum Gasteiger partial charge on any atom is -0.482 e. The summed E-state index contributed by atoms with van der Waals surface area (Å²) in [4.78, 5) is 12.4. The Bertz CT molecular complexity index is 989. The van der Waals surface area contributed by atoms with Crippen molar-refractivity contribution in [3.05, 3.63) is 53.6 Å². The van der Waals surface area contributed by atoms with Gasteiger partial charge in [-0.05, 0) is 56.7 Å². The summed E-state index contributed by atoms with van der Waals surface area (Å²) in [5, 5.41) is 2.46. The highest BCUT2D eigenvalue weighted by molar-refractivity contribution is 7.89. The highest BCUT2D eigenvalue weighted by Crippen LogP contribution is 2.28. The number of sulfonamides is 1. The van der Waals surface area contributed by atoms with Gasteiger partial charge >= 0.3 is 6.18 Å². The van der Waals surface area contributed by atoms with Crippen molar-refractivity contribution in [2.45, 2.75) is 37.9 Å². The van der Waals surface area contributed by atoms with E-state index < -0.39 is 28.7 Å². The van der Waals surface area contributed by atoms with Crippen molar-refractivity contribution in [2.75, 3.05) is 11.9 Å². The van der Waals surface area contributed by atoms with Crippen LogP contribution in [0.2, 0.25) is 0 Å². The molecule has 0 atom stereocenters. The largest absolute Gasteiger partial charge is 0.482 e. The molecule has 6 nitrogen and oxygen atoms in total.